The molecule has 0 saturated carbocycles. The van der Waals surface area contributed by atoms with Crippen molar-refractivity contribution in [1.29, 1.82) is 0 Å². The summed E-state index contributed by atoms with van der Waals surface area (Å²) in [6.45, 7) is 6.15. The zero-order chi connectivity index (χ0) is 8.81. The molecule has 0 aliphatic rings. The maximum atomic E-state index is 3.92. The molecule has 14 heavy (non-hydrogen) atoms. The molecule has 0 aliphatic heterocycles. The minimum absolute atomic E-state index is 0. The SMILES string of the molecule is [CH2-]Cc1ccccc1CCCC.[CH3-].[U+2]. The molecule has 0 heterocycles. The van der Waals surface area contributed by atoms with Crippen molar-refractivity contribution >= 4 is 0 Å². The summed E-state index contributed by atoms with van der Waals surface area (Å²) < 4.78 is 0. The Bertz CT molecular complexity index is 230. The molecule has 0 amide bonds. The van der Waals surface area contributed by atoms with Crippen LogP contribution in [0.4, 0.5) is 0 Å². The fourth-order valence-corrected chi connectivity index (χ4v) is 1.41. The van der Waals surface area contributed by atoms with Gasteiger partial charge in [-0.25, -0.2) is 0 Å². The van der Waals surface area contributed by atoms with Crippen LogP contribution in [0.3, 0.4) is 0 Å². The summed E-state index contributed by atoms with van der Waals surface area (Å²) in [6.07, 6.45) is 4.69. The van der Waals surface area contributed by atoms with E-state index in [9.17, 15) is 0 Å². The van der Waals surface area contributed by atoms with Gasteiger partial charge in [-0.1, -0.05) is 43.2 Å². The molecule has 0 spiro atoms. The topological polar surface area (TPSA) is 0 Å². The second kappa shape index (κ2) is 9.81. The van der Waals surface area contributed by atoms with Crippen LogP contribution >= 0.6 is 0 Å². The fourth-order valence-electron chi connectivity index (χ4n) is 1.41. The molecule has 1 rings (SSSR count). The number of aryl methyl sites for hydroxylation is 1. The molecule has 76 valence electrons. The second-order valence-electron chi connectivity index (χ2n) is 3.12. The molecule has 0 nitrogen and oxygen atoms in total. The van der Waals surface area contributed by atoms with Crippen LogP contribution in [0.25, 0.3) is 0 Å². The Morgan fingerprint density at radius 2 is 1.71 bits per heavy atom. The van der Waals surface area contributed by atoms with Gasteiger partial charge in [0.2, 0.25) is 0 Å². The molecule has 0 saturated heterocycles. The largest absolute Gasteiger partial charge is 2.00 e. The summed E-state index contributed by atoms with van der Waals surface area (Å²) in [5, 5.41) is 0. The van der Waals surface area contributed by atoms with Gasteiger partial charge in [0.15, 0.2) is 0 Å². The van der Waals surface area contributed by atoms with Gasteiger partial charge in [-0.05, 0) is 18.4 Å². The van der Waals surface area contributed by atoms with Crippen molar-refractivity contribution in [3.05, 3.63) is 49.7 Å². The van der Waals surface area contributed by atoms with Crippen LogP contribution in [-0.4, -0.2) is 0 Å². The van der Waals surface area contributed by atoms with Crippen LogP contribution in [0.15, 0.2) is 24.3 Å². The Morgan fingerprint density at radius 1 is 1.14 bits per heavy atom. The van der Waals surface area contributed by atoms with Crippen molar-refractivity contribution < 1.29 is 31.1 Å². The van der Waals surface area contributed by atoms with Gasteiger partial charge in [0.05, 0.1) is 0 Å². The van der Waals surface area contributed by atoms with Crippen LogP contribution in [0.2, 0.25) is 0 Å². The predicted molar refractivity (Wildman–Crippen MR) is 60.5 cm³/mol. The zero-order valence-electron chi connectivity index (χ0n) is 9.34. The van der Waals surface area contributed by atoms with Crippen molar-refractivity contribution in [2.75, 3.05) is 0 Å². The molecule has 0 radical (unpaired) electrons. The van der Waals surface area contributed by atoms with Gasteiger partial charge >= 0.3 is 31.1 Å². The minimum atomic E-state index is 0. The summed E-state index contributed by atoms with van der Waals surface area (Å²) in [5.74, 6) is 0. The Labute approximate surface area is 113 Å². The van der Waals surface area contributed by atoms with Crippen molar-refractivity contribution in [1.82, 2.24) is 0 Å². The van der Waals surface area contributed by atoms with Gasteiger partial charge in [-0.3, -0.25) is 0 Å². The summed E-state index contributed by atoms with van der Waals surface area (Å²) >= 11 is 0. The van der Waals surface area contributed by atoms with Gasteiger partial charge in [-0.2, -0.15) is 6.42 Å². The quantitative estimate of drug-likeness (QED) is 0.657. The van der Waals surface area contributed by atoms with Crippen LogP contribution in [0.5, 0.6) is 0 Å². The summed E-state index contributed by atoms with van der Waals surface area (Å²) in [7, 11) is 0. The van der Waals surface area contributed by atoms with E-state index in [2.05, 4.69) is 38.1 Å². The van der Waals surface area contributed by atoms with Gasteiger partial charge in [-0.15, -0.1) is 0 Å². The van der Waals surface area contributed by atoms with Crippen LogP contribution in [0, 0.1) is 45.5 Å². The molecule has 1 heteroatoms. The second-order valence-corrected chi connectivity index (χ2v) is 3.12. The van der Waals surface area contributed by atoms with Gasteiger partial charge in [0.25, 0.3) is 0 Å². The average molecular weight is 414 g/mol. The number of rotatable bonds is 4. The first kappa shape index (κ1) is 16.7. The van der Waals surface area contributed by atoms with Crippen molar-refractivity contribution in [3.63, 3.8) is 0 Å². The first-order chi connectivity index (χ1) is 5.88. The maximum Gasteiger partial charge on any atom is 2.00 e. The van der Waals surface area contributed by atoms with E-state index in [4.69, 9.17) is 0 Å². The first-order valence-corrected chi connectivity index (χ1v) is 4.74. The van der Waals surface area contributed by atoms with Crippen molar-refractivity contribution in [2.45, 2.75) is 32.6 Å². The van der Waals surface area contributed by atoms with Crippen LogP contribution in [0.1, 0.15) is 30.9 Å². The molecule has 1 aromatic carbocycles. The van der Waals surface area contributed by atoms with Crippen LogP contribution < -0.4 is 0 Å². The first-order valence-electron chi connectivity index (χ1n) is 4.74. The molecular weight excluding hydrogens is 394 g/mol. The van der Waals surface area contributed by atoms with E-state index in [0.717, 1.165) is 6.42 Å². The van der Waals surface area contributed by atoms with E-state index in [1.165, 1.54) is 30.4 Å². The Kier molecular flexibility index (Phi) is 11.7. The average Bonchev–Trinajstić information content (AvgIpc) is 2.15. The van der Waals surface area contributed by atoms with E-state index in [-0.39, 0.29) is 38.5 Å². The number of hydrogen-bond acceptors (Lipinski definition) is 0. The smallest absolute Gasteiger partial charge is 0.358 e. The number of benzene rings is 1. The van der Waals surface area contributed by atoms with E-state index in [1.807, 2.05) is 0 Å². The van der Waals surface area contributed by atoms with E-state index >= 15 is 0 Å². The van der Waals surface area contributed by atoms with Crippen LogP contribution in [-0.2, 0) is 12.8 Å². The predicted octanol–water partition coefficient (Wildman–Crippen LogP) is 3.86. The standard InChI is InChI=1S/C12H17.CH3.U/c1-3-5-8-12-10-7-6-9-11(12)4-2;;/h6-7,9-10H,2-5,8H2,1H3;1H3;/q2*-1;+2. The molecule has 1 aromatic rings. The minimum Gasteiger partial charge on any atom is -0.358 e. The van der Waals surface area contributed by atoms with Gasteiger partial charge in [0, 0.05) is 0 Å². The molecule has 0 fully saturated rings. The third-order valence-corrected chi connectivity index (χ3v) is 2.19. The zero-order valence-corrected chi connectivity index (χ0v) is 13.5. The number of unbranched alkanes of at least 4 members (excludes halogenated alkanes) is 1. The van der Waals surface area contributed by atoms with E-state index in [0.29, 0.717) is 0 Å². The molecule has 0 aromatic heterocycles. The Hall–Kier alpha value is 0.272. The Morgan fingerprint density at radius 3 is 2.21 bits per heavy atom. The molecule has 0 aliphatic carbocycles. The molecular formula is C13H20U. The monoisotopic (exact) mass is 414 g/mol. The summed E-state index contributed by atoms with van der Waals surface area (Å²) in [4.78, 5) is 0. The summed E-state index contributed by atoms with van der Waals surface area (Å²) in [6, 6.07) is 8.61. The number of hydrogen-bond donors (Lipinski definition) is 0. The maximum absolute atomic E-state index is 3.92. The molecule has 0 bridgehead atoms. The normalized spacial score (nSPS) is 8.71. The van der Waals surface area contributed by atoms with E-state index in [1.54, 1.807) is 0 Å². The van der Waals surface area contributed by atoms with Gasteiger partial charge < -0.3 is 14.4 Å². The van der Waals surface area contributed by atoms with Gasteiger partial charge in [0.1, 0.15) is 0 Å². The fraction of sp³-hybridized carbons (Fsp3) is 0.385. The Balaban J connectivity index is 0. The molecule has 0 atom stereocenters. The molecule has 0 N–H and O–H groups in total. The van der Waals surface area contributed by atoms with Crippen molar-refractivity contribution in [3.8, 4) is 0 Å². The third kappa shape index (κ3) is 5.23. The molecule has 0 unspecified atom stereocenters. The van der Waals surface area contributed by atoms with Crippen molar-refractivity contribution in [2.24, 2.45) is 0 Å². The summed E-state index contributed by atoms with van der Waals surface area (Å²) in [5.41, 5.74) is 2.89. The third-order valence-electron chi connectivity index (χ3n) is 2.19. The van der Waals surface area contributed by atoms with E-state index < -0.39 is 0 Å².